The second-order valence-electron chi connectivity index (χ2n) is 5.43. The first-order valence-corrected chi connectivity index (χ1v) is 6.88. The molecule has 0 aromatic heterocycles. The summed E-state index contributed by atoms with van der Waals surface area (Å²) in [6.07, 6.45) is 2.31. The smallest absolute Gasteiger partial charge is 0.159 e. The maximum absolute atomic E-state index is 11.6. The fourth-order valence-corrected chi connectivity index (χ4v) is 3.26. The molecule has 102 valence electrons. The van der Waals surface area contributed by atoms with Gasteiger partial charge in [0.2, 0.25) is 0 Å². The van der Waals surface area contributed by atoms with Crippen LogP contribution >= 0.6 is 11.6 Å². The molecule has 0 aliphatic heterocycles. The highest BCUT2D eigenvalue weighted by molar-refractivity contribution is 6.32. The number of hydrogen-bond donors (Lipinski definition) is 1. The molecule has 1 unspecified atom stereocenters. The molecule has 1 atom stereocenters. The van der Waals surface area contributed by atoms with Crippen LogP contribution in [-0.4, -0.2) is 10.9 Å². The zero-order chi connectivity index (χ0) is 14.3. The lowest BCUT2D eigenvalue weighted by molar-refractivity contribution is -0.115. The van der Waals surface area contributed by atoms with Crippen LogP contribution in [0.25, 0.3) is 0 Å². The molecular formula is C16H19ClO2. The van der Waals surface area contributed by atoms with Crippen LogP contribution in [0.4, 0.5) is 0 Å². The van der Waals surface area contributed by atoms with Gasteiger partial charge in [0.05, 0.1) is 5.76 Å². The molecule has 0 bridgehead atoms. The molecule has 1 aliphatic rings. The first kappa shape index (κ1) is 14.1. The third-order valence-corrected chi connectivity index (χ3v) is 4.80. The van der Waals surface area contributed by atoms with Gasteiger partial charge in [-0.3, -0.25) is 4.79 Å². The summed E-state index contributed by atoms with van der Waals surface area (Å²) < 4.78 is 0. The number of rotatable bonds is 1. The Labute approximate surface area is 119 Å². The van der Waals surface area contributed by atoms with Crippen LogP contribution in [0.1, 0.15) is 46.6 Å². The zero-order valence-corrected chi connectivity index (χ0v) is 12.6. The van der Waals surface area contributed by atoms with Crippen molar-refractivity contribution in [3.05, 3.63) is 44.7 Å². The molecule has 1 aromatic carbocycles. The predicted molar refractivity (Wildman–Crippen MR) is 78.1 cm³/mol. The van der Waals surface area contributed by atoms with E-state index in [9.17, 15) is 9.90 Å². The van der Waals surface area contributed by atoms with Gasteiger partial charge in [-0.05, 0) is 61.4 Å². The average molecular weight is 279 g/mol. The molecule has 19 heavy (non-hydrogen) atoms. The van der Waals surface area contributed by atoms with Crippen molar-refractivity contribution in [1.82, 2.24) is 0 Å². The summed E-state index contributed by atoms with van der Waals surface area (Å²) >= 11 is 6.39. The van der Waals surface area contributed by atoms with E-state index >= 15 is 0 Å². The molecule has 3 heteroatoms. The van der Waals surface area contributed by atoms with Gasteiger partial charge in [-0.25, -0.2) is 0 Å². The topological polar surface area (TPSA) is 37.3 Å². The van der Waals surface area contributed by atoms with E-state index in [1.165, 1.54) is 17.2 Å². The summed E-state index contributed by atoms with van der Waals surface area (Å²) in [5, 5.41) is 10.5. The Morgan fingerprint density at radius 3 is 2.26 bits per heavy atom. The average Bonchev–Trinajstić information content (AvgIpc) is 2.33. The van der Waals surface area contributed by atoms with Gasteiger partial charge in [0.15, 0.2) is 5.78 Å². The maximum Gasteiger partial charge on any atom is 0.159 e. The summed E-state index contributed by atoms with van der Waals surface area (Å²) in [5.41, 5.74) is 5.62. The van der Waals surface area contributed by atoms with Gasteiger partial charge < -0.3 is 5.11 Å². The lowest BCUT2D eigenvalue weighted by atomic mass is 9.80. The Bertz CT molecular complexity index is 556. The second-order valence-corrected chi connectivity index (χ2v) is 5.81. The van der Waals surface area contributed by atoms with Crippen LogP contribution in [0, 0.1) is 27.7 Å². The van der Waals surface area contributed by atoms with Crippen LogP contribution < -0.4 is 0 Å². The molecule has 0 amide bonds. The highest BCUT2D eigenvalue weighted by Crippen LogP contribution is 2.39. The summed E-state index contributed by atoms with van der Waals surface area (Å²) in [6.45, 7) is 8.14. The van der Waals surface area contributed by atoms with Crippen molar-refractivity contribution in [2.24, 2.45) is 0 Å². The van der Waals surface area contributed by atoms with Gasteiger partial charge in [0.25, 0.3) is 0 Å². The van der Waals surface area contributed by atoms with Gasteiger partial charge in [0.1, 0.15) is 0 Å². The first-order valence-electron chi connectivity index (χ1n) is 6.51. The van der Waals surface area contributed by atoms with Crippen LogP contribution in [0.15, 0.2) is 11.8 Å². The van der Waals surface area contributed by atoms with E-state index in [1.807, 2.05) is 13.8 Å². The molecule has 2 rings (SSSR count). The van der Waals surface area contributed by atoms with Gasteiger partial charge in [0, 0.05) is 23.9 Å². The van der Waals surface area contributed by atoms with Crippen molar-refractivity contribution in [3.63, 3.8) is 0 Å². The number of carbonyl (C=O) groups excluding carboxylic acids is 1. The van der Waals surface area contributed by atoms with Gasteiger partial charge in [-0.15, -0.1) is 0 Å². The summed E-state index contributed by atoms with van der Waals surface area (Å²) in [4.78, 5) is 11.6. The number of carbonyl (C=O) groups is 1. The van der Waals surface area contributed by atoms with Crippen molar-refractivity contribution in [3.8, 4) is 0 Å². The van der Waals surface area contributed by atoms with Crippen molar-refractivity contribution in [2.45, 2.75) is 46.5 Å². The third kappa shape index (κ3) is 2.42. The van der Waals surface area contributed by atoms with Crippen LogP contribution in [-0.2, 0) is 4.79 Å². The molecule has 0 saturated carbocycles. The third-order valence-electron chi connectivity index (χ3n) is 4.23. The first-order chi connectivity index (χ1) is 8.82. The molecule has 0 radical (unpaired) electrons. The quantitative estimate of drug-likeness (QED) is 0.823. The molecule has 0 saturated heterocycles. The van der Waals surface area contributed by atoms with E-state index in [1.54, 1.807) is 0 Å². The van der Waals surface area contributed by atoms with Crippen molar-refractivity contribution < 1.29 is 9.90 Å². The molecule has 0 fully saturated rings. The number of benzene rings is 1. The Morgan fingerprint density at radius 2 is 1.68 bits per heavy atom. The Balaban J connectivity index is 2.58. The van der Waals surface area contributed by atoms with E-state index in [0.717, 1.165) is 21.7 Å². The number of hydrogen-bond acceptors (Lipinski definition) is 2. The minimum absolute atomic E-state index is 0.0121. The Kier molecular flexibility index (Phi) is 3.73. The molecule has 1 aliphatic carbocycles. The zero-order valence-electron chi connectivity index (χ0n) is 11.8. The van der Waals surface area contributed by atoms with Crippen LogP contribution in [0.5, 0.6) is 0 Å². The number of ketones is 1. The van der Waals surface area contributed by atoms with Gasteiger partial charge >= 0.3 is 0 Å². The Hall–Kier alpha value is -1.28. The monoisotopic (exact) mass is 278 g/mol. The number of aliphatic hydroxyl groups excluding tert-OH is 1. The van der Waals surface area contributed by atoms with E-state index in [4.69, 9.17) is 11.6 Å². The minimum Gasteiger partial charge on any atom is -0.512 e. The van der Waals surface area contributed by atoms with Gasteiger partial charge in [-0.2, -0.15) is 0 Å². The molecule has 0 heterocycles. The SMILES string of the molecule is Cc1c(C)c(Cl)c(C)c(C2CC(=O)C=C(O)C2)c1C. The van der Waals surface area contributed by atoms with E-state index in [-0.39, 0.29) is 17.5 Å². The fraction of sp³-hybridized carbons (Fsp3) is 0.438. The summed E-state index contributed by atoms with van der Waals surface area (Å²) in [6, 6.07) is 0. The number of halogens is 1. The molecule has 1 N–H and O–H groups in total. The summed E-state index contributed by atoms with van der Waals surface area (Å²) in [5.74, 6) is 0.200. The van der Waals surface area contributed by atoms with Crippen molar-refractivity contribution in [2.75, 3.05) is 0 Å². The standard InChI is InChI=1S/C16H19ClO2/c1-8-9(2)15(11(4)16(17)10(8)3)12-5-13(18)7-14(19)6-12/h7,12,18H,5-6H2,1-4H3. The molecule has 0 spiro atoms. The van der Waals surface area contributed by atoms with E-state index in [2.05, 4.69) is 13.8 Å². The number of allylic oxidation sites excluding steroid dienone is 2. The van der Waals surface area contributed by atoms with Crippen molar-refractivity contribution >= 4 is 17.4 Å². The van der Waals surface area contributed by atoms with Gasteiger partial charge in [-0.1, -0.05) is 11.6 Å². The fourth-order valence-electron chi connectivity index (χ4n) is 3.02. The molecule has 1 aromatic rings. The molecule has 2 nitrogen and oxygen atoms in total. The van der Waals surface area contributed by atoms with Crippen LogP contribution in [0.3, 0.4) is 0 Å². The highest BCUT2D eigenvalue weighted by atomic mass is 35.5. The largest absolute Gasteiger partial charge is 0.512 e. The van der Waals surface area contributed by atoms with Crippen LogP contribution in [0.2, 0.25) is 5.02 Å². The predicted octanol–water partition coefficient (Wildman–Crippen LogP) is 4.46. The lowest BCUT2D eigenvalue weighted by Gasteiger charge is -2.26. The number of aliphatic hydroxyl groups is 1. The lowest BCUT2D eigenvalue weighted by Crippen LogP contribution is -2.16. The Morgan fingerprint density at radius 1 is 1.05 bits per heavy atom. The van der Waals surface area contributed by atoms with E-state index in [0.29, 0.717) is 12.8 Å². The minimum atomic E-state index is -0.0121. The second kappa shape index (κ2) is 5.01. The maximum atomic E-state index is 11.6. The van der Waals surface area contributed by atoms with E-state index < -0.39 is 0 Å². The molecular weight excluding hydrogens is 260 g/mol. The normalized spacial score (nSPS) is 19.5. The highest BCUT2D eigenvalue weighted by Gasteiger charge is 2.26. The van der Waals surface area contributed by atoms with Crippen molar-refractivity contribution in [1.29, 1.82) is 0 Å². The summed E-state index contributed by atoms with van der Waals surface area (Å²) in [7, 11) is 0.